The molecule has 0 bridgehead atoms. The van der Waals surface area contributed by atoms with Gasteiger partial charge in [-0.15, -0.1) is 13.2 Å². The molecule has 0 atom stereocenters. The number of ether oxygens (including phenoxy) is 1. The van der Waals surface area contributed by atoms with Crippen molar-refractivity contribution in [2.24, 2.45) is 0 Å². The van der Waals surface area contributed by atoms with Crippen molar-refractivity contribution >= 4 is 47.8 Å². The molecule has 1 N–H and O–H groups in total. The smallest absolute Gasteiger partial charge is 0.433 e. The summed E-state index contributed by atoms with van der Waals surface area (Å²) in [4.78, 5) is 102. The first-order valence-electron chi connectivity index (χ1n) is 13.2. The Morgan fingerprint density at radius 2 is 0.929 bits per heavy atom. The lowest BCUT2D eigenvalue weighted by molar-refractivity contribution is -0.198. The number of carbonyl (C=O) groups is 8. The lowest BCUT2D eigenvalue weighted by Gasteiger charge is -2.15. The predicted octanol–water partition coefficient (Wildman–Crippen LogP) is 2.16. The fourth-order valence-electron chi connectivity index (χ4n) is 3.19. The van der Waals surface area contributed by atoms with Crippen molar-refractivity contribution in [3.63, 3.8) is 0 Å². The number of hydrogen-bond donors (Lipinski definition) is 1. The Morgan fingerprint density at radius 3 is 1.26 bits per heavy atom. The van der Waals surface area contributed by atoms with E-state index in [-0.39, 0.29) is 55.3 Å². The predicted molar refractivity (Wildman–Crippen MR) is 138 cm³/mol. The highest BCUT2D eigenvalue weighted by Crippen LogP contribution is 2.16. The first-order chi connectivity index (χ1) is 20.0. The van der Waals surface area contributed by atoms with E-state index in [1.165, 1.54) is 0 Å². The van der Waals surface area contributed by atoms with Crippen LogP contribution in [0.1, 0.15) is 77.0 Å². The van der Waals surface area contributed by atoms with Gasteiger partial charge in [0, 0.05) is 45.1 Å². The van der Waals surface area contributed by atoms with E-state index in [1.54, 1.807) is 6.08 Å². The molecule has 0 saturated carbocycles. The molecule has 42 heavy (non-hydrogen) atoms. The molecule has 3 rings (SSSR count). The Hall–Kier alpha value is -4.60. The minimum Gasteiger partial charge on any atom is -0.433 e. The molecule has 3 aliphatic rings. The molecule has 3 aliphatic heterocycles. The number of hydroxylamine groups is 6. The van der Waals surface area contributed by atoms with Crippen LogP contribution in [0, 0.1) is 0 Å². The molecule has 3 heterocycles. The number of rotatable bonds is 12. The van der Waals surface area contributed by atoms with Crippen molar-refractivity contribution in [2.75, 3.05) is 13.2 Å². The molecule has 3 saturated heterocycles. The Labute approximate surface area is 241 Å². The van der Waals surface area contributed by atoms with Gasteiger partial charge in [0.05, 0.1) is 6.61 Å². The average molecular weight is 598 g/mol. The molecule has 0 aromatic rings. The summed E-state index contributed by atoms with van der Waals surface area (Å²) >= 11 is 0. The van der Waals surface area contributed by atoms with Gasteiger partial charge in [-0.1, -0.05) is 27.3 Å². The molecule has 232 valence electrons. The highest BCUT2D eigenvalue weighted by Gasteiger charge is 2.37. The van der Waals surface area contributed by atoms with Crippen LogP contribution >= 0.6 is 0 Å². The Bertz CT molecular complexity index is 954. The number of aliphatic hydroxyl groups excluding tert-OH is 1. The number of amides is 6. The normalized spacial score (nSPS) is 16.0. The first-order valence-corrected chi connectivity index (χ1v) is 13.2. The second kappa shape index (κ2) is 19.5. The largest absolute Gasteiger partial charge is 0.560 e. The van der Waals surface area contributed by atoms with Crippen LogP contribution in [0.15, 0.2) is 25.3 Å². The first kappa shape index (κ1) is 35.4. The van der Waals surface area contributed by atoms with Crippen LogP contribution in [0.3, 0.4) is 0 Å². The van der Waals surface area contributed by atoms with E-state index in [1.807, 2.05) is 6.08 Å². The lowest BCUT2D eigenvalue weighted by Crippen LogP contribution is -2.37. The second-order valence-electron chi connectivity index (χ2n) is 8.66. The lowest BCUT2D eigenvalue weighted by atomic mass is 10.2. The van der Waals surface area contributed by atoms with Crippen molar-refractivity contribution in [1.82, 2.24) is 15.2 Å². The van der Waals surface area contributed by atoms with Crippen LogP contribution in [0.25, 0.3) is 0 Å². The van der Waals surface area contributed by atoms with Gasteiger partial charge in [-0.25, -0.2) is 4.79 Å². The highest BCUT2D eigenvalue weighted by molar-refractivity contribution is 6.03. The van der Waals surface area contributed by atoms with Crippen LogP contribution in [0.5, 0.6) is 0 Å². The summed E-state index contributed by atoms with van der Waals surface area (Å²) in [5, 5.41) is 9.24. The van der Waals surface area contributed by atoms with Crippen molar-refractivity contribution in [1.29, 1.82) is 0 Å². The number of unbranched alkanes of at least 4 members (excludes halogenated alkanes) is 4. The zero-order valence-electron chi connectivity index (χ0n) is 23.2. The summed E-state index contributed by atoms with van der Waals surface area (Å²) in [6.07, 6.45) is 6.44. The summed E-state index contributed by atoms with van der Waals surface area (Å²) < 4.78 is 4.71. The Balaban J connectivity index is 0.000000345. The van der Waals surface area contributed by atoms with E-state index in [4.69, 9.17) is 9.84 Å². The molecule has 16 nitrogen and oxygen atoms in total. The van der Waals surface area contributed by atoms with E-state index in [9.17, 15) is 38.4 Å². The molecule has 3 fully saturated rings. The van der Waals surface area contributed by atoms with Gasteiger partial charge in [-0.05, 0) is 38.5 Å². The van der Waals surface area contributed by atoms with Crippen LogP contribution in [0.4, 0.5) is 9.59 Å². The third kappa shape index (κ3) is 12.7. The Morgan fingerprint density at radius 1 is 0.595 bits per heavy atom. The van der Waals surface area contributed by atoms with Gasteiger partial charge in [0.2, 0.25) is 0 Å². The number of nitrogens with zero attached hydrogens (tertiary/aromatic N) is 3. The molecular formula is C26H35N3O13. The summed E-state index contributed by atoms with van der Waals surface area (Å²) in [6.45, 7) is 7.63. The summed E-state index contributed by atoms with van der Waals surface area (Å²) in [7, 11) is 0. The molecule has 0 unspecified atom stereocenters. The molecule has 0 aromatic heterocycles. The molecule has 0 aliphatic carbocycles. The topological polar surface area (TPSA) is 203 Å². The third-order valence-electron chi connectivity index (χ3n) is 5.35. The van der Waals surface area contributed by atoms with Gasteiger partial charge in [0.15, 0.2) is 0 Å². The SMILES string of the molecule is C=CCCCCO.C=CCCCCOC(=O)ON1C(=O)CCC1=O.O=C(ON1C(=O)CCC1=O)ON1C(=O)CCC1=O. The quantitative estimate of drug-likeness (QED) is 0.148. The van der Waals surface area contributed by atoms with E-state index in [0.29, 0.717) is 18.1 Å². The van der Waals surface area contributed by atoms with E-state index in [2.05, 4.69) is 27.7 Å². The average Bonchev–Trinajstić information content (AvgIpc) is 3.57. The van der Waals surface area contributed by atoms with Gasteiger partial charge >= 0.3 is 12.3 Å². The zero-order valence-corrected chi connectivity index (χ0v) is 23.2. The van der Waals surface area contributed by atoms with E-state index >= 15 is 0 Å². The van der Waals surface area contributed by atoms with Crippen molar-refractivity contribution in [3.05, 3.63) is 25.3 Å². The maximum atomic E-state index is 11.2. The number of imide groups is 3. The fourth-order valence-corrected chi connectivity index (χ4v) is 3.19. The van der Waals surface area contributed by atoms with Crippen LogP contribution in [-0.4, -0.2) is 81.3 Å². The molecule has 16 heteroatoms. The summed E-state index contributed by atoms with van der Waals surface area (Å²) in [6, 6.07) is 0. The maximum Gasteiger partial charge on any atom is 0.560 e. The Kier molecular flexibility index (Phi) is 16.4. The molecule has 0 aromatic carbocycles. The minimum atomic E-state index is -1.48. The number of aliphatic hydroxyl groups is 1. The van der Waals surface area contributed by atoms with Crippen LogP contribution in [-0.2, 0) is 48.0 Å². The van der Waals surface area contributed by atoms with Crippen molar-refractivity contribution in [3.8, 4) is 0 Å². The monoisotopic (exact) mass is 597 g/mol. The molecule has 0 radical (unpaired) electrons. The van der Waals surface area contributed by atoms with Gasteiger partial charge in [-0.3, -0.25) is 43.3 Å². The minimum absolute atomic E-state index is 0.0618. The van der Waals surface area contributed by atoms with Crippen molar-refractivity contribution < 1.29 is 62.7 Å². The second-order valence-corrected chi connectivity index (χ2v) is 8.66. The number of allylic oxidation sites excluding steroid dienone is 2. The van der Waals surface area contributed by atoms with Gasteiger partial charge in [0.25, 0.3) is 35.4 Å². The summed E-state index contributed by atoms with van der Waals surface area (Å²) in [5.41, 5.74) is 0. The third-order valence-corrected chi connectivity index (χ3v) is 5.35. The highest BCUT2D eigenvalue weighted by atomic mass is 16.9. The van der Waals surface area contributed by atoms with E-state index < -0.39 is 47.8 Å². The van der Waals surface area contributed by atoms with Gasteiger partial charge < -0.3 is 9.84 Å². The van der Waals surface area contributed by atoms with E-state index in [0.717, 1.165) is 32.1 Å². The van der Waals surface area contributed by atoms with Crippen LogP contribution < -0.4 is 0 Å². The van der Waals surface area contributed by atoms with Crippen molar-refractivity contribution in [2.45, 2.75) is 77.0 Å². The molecular weight excluding hydrogens is 562 g/mol. The standard InChI is InChI=1S/C11H15NO5.C9H8N2O7.C6H12O/c1-2-3-4-5-8-16-11(15)17-12-9(13)6-7-10(12)14;12-5-1-2-6(13)10(5)17-9(16)18-11-7(14)3-4-8(11)15;1-2-3-4-5-6-7/h2H,1,3-8H2;1-4H2;2,7H,1,3-6H2. The molecule has 6 amide bonds. The van der Waals surface area contributed by atoms with Gasteiger partial charge in [0.1, 0.15) is 0 Å². The van der Waals surface area contributed by atoms with Crippen LogP contribution in [0.2, 0.25) is 0 Å². The van der Waals surface area contributed by atoms with Gasteiger partial charge in [-0.2, -0.15) is 4.79 Å². The maximum absolute atomic E-state index is 11.2. The zero-order chi connectivity index (χ0) is 31.5. The molecule has 0 spiro atoms. The number of hydrogen-bond acceptors (Lipinski definition) is 13. The number of carbonyl (C=O) groups excluding carboxylic acids is 8. The summed E-state index contributed by atoms with van der Waals surface area (Å²) in [5.74, 6) is -3.77. The fraction of sp³-hybridized carbons (Fsp3) is 0.538.